The van der Waals surface area contributed by atoms with Crippen LogP contribution in [-0.2, 0) is 0 Å². The molecule has 0 atom stereocenters. The maximum absolute atomic E-state index is 11.6. The summed E-state index contributed by atoms with van der Waals surface area (Å²) >= 11 is 0. The largest absolute Gasteiger partial charge is 0.215 e. The third-order valence-corrected chi connectivity index (χ3v) is 3.23. The topological polar surface area (TPSA) is 0 Å². The number of halogens is 2. The molecule has 0 saturated carbocycles. The van der Waals surface area contributed by atoms with Gasteiger partial charge in [0, 0.05) is 9.81 Å². The van der Waals surface area contributed by atoms with Crippen molar-refractivity contribution in [2.75, 3.05) is 0 Å². The van der Waals surface area contributed by atoms with Gasteiger partial charge in [0.1, 0.15) is 0 Å². The van der Waals surface area contributed by atoms with E-state index >= 15 is 0 Å². The molecule has 0 fully saturated rings. The zero-order chi connectivity index (χ0) is 7.98. The molecule has 0 N–H and O–H groups in total. The van der Waals surface area contributed by atoms with E-state index < -0.39 is 0 Å². The van der Waals surface area contributed by atoms with E-state index in [-0.39, 0.29) is 0 Å². The molecule has 0 aromatic heterocycles. The Kier molecular flexibility index (Phi) is 5.82. The van der Waals surface area contributed by atoms with Crippen molar-refractivity contribution in [1.29, 1.82) is 0 Å². The van der Waals surface area contributed by atoms with Gasteiger partial charge in [-0.05, 0) is 13.8 Å². The molecule has 0 aliphatic rings. The Balaban J connectivity index is 3.56. The molecule has 0 aliphatic heterocycles. The predicted molar refractivity (Wildman–Crippen MR) is 44.9 cm³/mol. The second-order valence-corrected chi connectivity index (χ2v) is 4.23. The molecular formula is C6H8F2S2. The lowest BCUT2D eigenvalue weighted by Crippen LogP contribution is -1.61. The lowest BCUT2D eigenvalue weighted by molar-refractivity contribution is 0.716. The average Bonchev–Trinajstić information content (AvgIpc) is 1.99. The zero-order valence-corrected chi connectivity index (χ0v) is 7.36. The molecule has 4 heteroatoms. The average molecular weight is 182 g/mol. The van der Waals surface area contributed by atoms with Crippen molar-refractivity contribution in [3.63, 3.8) is 0 Å². The van der Waals surface area contributed by atoms with Gasteiger partial charge < -0.3 is 0 Å². The summed E-state index contributed by atoms with van der Waals surface area (Å²) < 4.78 is 23.3. The van der Waals surface area contributed by atoms with Crippen LogP contribution in [0.25, 0.3) is 0 Å². The fourth-order valence-electron chi connectivity index (χ4n) is 0.168. The van der Waals surface area contributed by atoms with Crippen LogP contribution in [-0.4, -0.2) is 0 Å². The molecule has 10 heavy (non-hydrogen) atoms. The SMILES string of the molecule is CC(=CF)SSC(C)=CF. The summed E-state index contributed by atoms with van der Waals surface area (Å²) in [5.74, 6) is 0. The summed E-state index contributed by atoms with van der Waals surface area (Å²) in [4.78, 5) is 1.07. The Labute approximate surface area is 67.2 Å². The van der Waals surface area contributed by atoms with Gasteiger partial charge in [0.25, 0.3) is 0 Å². The highest BCUT2D eigenvalue weighted by Crippen LogP contribution is 2.35. The summed E-state index contributed by atoms with van der Waals surface area (Å²) in [7, 11) is 2.41. The van der Waals surface area contributed by atoms with Gasteiger partial charge in [0.05, 0.1) is 12.7 Å². The van der Waals surface area contributed by atoms with E-state index in [0.29, 0.717) is 22.5 Å². The molecule has 0 rings (SSSR count). The van der Waals surface area contributed by atoms with E-state index in [0.717, 1.165) is 0 Å². The molecule has 0 aromatic carbocycles. The van der Waals surface area contributed by atoms with Gasteiger partial charge in [-0.2, -0.15) is 0 Å². The van der Waals surface area contributed by atoms with Crippen molar-refractivity contribution >= 4 is 21.6 Å². The number of hydrogen-bond donors (Lipinski definition) is 0. The lowest BCUT2D eigenvalue weighted by atomic mass is 10.7. The molecule has 58 valence electrons. The summed E-state index contributed by atoms with van der Waals surface area (Å²) in [6, 6.07) is 0. The first-order valence-electron chi connectivity index (χ1n) is 2.59. The van der Waals surface area contributed by atoms with Crippen molar-refractivity contribution in [1.82, 2.24) is 0 Å². The van der Waals surface area contributed by atoms with Crippen LogP contribution < -0.4 is 0 Å². The van der Waals surface area contributed by atoms with Crippen molar-refractivity contribution in [3.05, 3.63) is 22.5 Å². The van der Waals surface area contributed by atoms with E-state index in [1.165, 1.54) is 21.6 Å². The summed E-state index contributed by atoms with van der Waals surface area (Å²) in [6.45, 7) is 3.26. The summed E-state index contributed by atoms with van der Waals surface area (Å²) in [5.41, 5.74) is 0. The van der Waals surface area contributed by atoms with E-state index in [1.807, 2.05) is 0 Å². The molecule has 0 aliphatic carbocycles. The summed E-state index contributed by atoms with van der Waals surface area (Å²) in [5, 5.41) is 0. The Morgan fingerprint density at radius 2 is 1.30 bits per heavy atom. The minimum Gasteiger partial charge on any atom is -0.215 e. The van der Waals surface area contributed by atoms with Gasteiger partial charge in [0.15, 0.2) is 0 Å². The Morgan fingerprint density at radius 1 is 1.00 bits per heavy atom. The standard InChI is InChI=1S/C6H8F2S2/c1-5(3-7)9-10-6(2)4-8/h3-4H,1-2H3. The van der Waals surface area contributed by atoms with Crippen LogP contribution in [0.3, 0.4) is 0 Å². The predicted octanol–water partition coefficient (Wildman–Crippen LogP) is 4.03. The summed E-state index contributed by atoms with van der Waals surface area (Å²) in [6.07, 6.45) is 1.01. The molecule has 0 heterocycles. The van der Waals surface area contributed by atoms with Gasteiger partial charge in [-0.3, -0.25) is 0 Å². The maximum atomic E-state index is 11.6. The van der Waals surface area contributed by atoms with Crippen LogP contribution in [0.1, 0.15) is 13.8 Å². The molecule has 0 unspecified atom stereocenters. The quantitative estimate of drug-likeness (QED) is 0.604. The van der Waals surface area contributed by atoms with E-state index in [2.05, 4.69) is 0 Å². The molecular weight excluding hydrogens is 174 g/mol. The molecule has 0 aromatic rings. The monoisotopic (exact) mass is 182 g/mol. The first-order chi connectivity index (χ1) is 4.70. The Morgan fingerprint density at radius 3 is 1.50 bits per heavy atom. The third-order valence-electron chi connectivity index (χ3n) is 0.612. The highest BCUT2D eigenvalue weighted by molar-refractivity contribution is 8.79. The molecule has 0 spiro atoms. The number of hydrogen-bond acceptors (Lipinski definition) is 2. The van der Waals surface area contributed by atoms with Crippen molar-refractivity contribution in [2.45, 2.75) is 13.8 Å². The third kappa shape index (κ3) is 4.88. The van der Waals surface area contributed by atoms with Crippen LogP contribution >= 0.6 is 21.6 Å². The molecule has 0 nitrogen and oxygen atoms in total. The second-order valence-electron chi connectivity index (χ2n) is 1.61. The number of allylic oxidation sites excluding steroid dienone is 2. The van der Waals surface area contributed by atoms with Crippen molar-refractivity contribution < 1.29 is 8.78 Å². The van der Waals surface area contributed by atoms with Gasteiger partial charge in [-0.25, -0.2) is 8.78 Å². The van der Waals surface area contributed by atoms with E-state index in [1.54, 1.807) is 13.8 Å². The van der Waals surface area contributed by atoms with Gasteiger partial charge in [-0.1, -0.05) is 21.6 Å². The van der Waals surface area contributed by atoms with Crippen LogP contribution in [0.5, 0.6) is 0 Å². The zero-order valence-electron chi connectivity index (χ0n) is 5.73. The fourth-order valence-corrected chi connectivity index (χ4v) is 1.51. The number of rotatable bonds is 3. The van der Waals surface area contributed by atoms with E-state index in [9.17, 15) is 8.78 Å². The maximum Gasteiger partial charge on any atom is 0.0967 e. The highest BCUT2D eigenvalue weighted by atomic mass is 33.1. The lowest BCUT2D eigenvalue weighted by Gasteiger charge is -1.95. The Bertz CT molecular complexity index is 134. The molecule has 0 amide bonds. The molecule has 0 bridgehead atoms. The first-order valence-corrected chi connectivity index (χ1v) is 4.74. The van der Waals surface area contributed by atoms with Gasteiger partial charge >= 0.3 is 0 Å². The van der Waals surface area contributed by atoms with Crippen molar-refractivity contribution in [3.8, 4) is 0 Å². The minimum atomic E-state index is 0.503. The van der Waals surface area contributed by atoms with Gasteiger partial charge in [-0.15, -0.1) is 0 Å². The normalized spacial score (nSPS) is 14.0. The minimum absolute atomic E-state index is 0.503. The Hall–Kier alpha value is 0.0400. The first kappa shape index (κ1) is 10.0. The van der Waals surface area contributed by atoms with Crippen LogP contribution in [0.2, 0.25) is 0 Å². The molecule has 0 saturated heterocycles. The smallest absolute Gasteiger partial charge is 0.0967 e. The molecule has 0 radical (unpaired) electrons. The highest BCUT2D eigenvalue weighted by Gasteiger charge is 1.93. The fraction of sp³-hybridized carbons (Fsp3) is 0.333. The van der Waals surface area contributed by atoms with E-state index in [4.69, 9.17) is 0 Å². The van der Waals surface area contributed by atoms with Crippen LogP contribution in [0.15, 0.2) is 22.5 Å². The van der Waals surface area contributed by atoms with Crippen LogP contribution in [0.4, 0.5) is 8.78 Å². The van der Waals surface area contributed by atoms with Gasteiger partial charge in [0.2, 0.25) is 0 Å². The van der Waals surface area contributed by atoms with Crippen LogP contribution in [0, 0.1) is 0 Å². The van der Waals surface area contributed by atoms with Crippen molar-refractivity contribution in [2.24, 2.45) is 0 Å². The second kappa shape index (κ2) is 5.80.